The third kappa shape index (κ3) is 4.35. The van der Waals surface area contributed by atoms with Crippen molar-refractivity contribution in [2.45, 2.75) is 12.2 Å². The first-order valence-corrected chi connectivity index (χ1v) is 2.30. The van der Waals surface area contributed by atoms with E-state index < -0.39 is 25.4 Å². The zero-order chi connectivity index (χ0) is 6.57. The van der Waals surface area contributed by atoms with E-state index in [0.717, 1.165) is 0 Å². The molecule has 0 rings (SSSR count). The molecule has 0 fully saturated rings. The van der Waals surface area contributed by atoms with Crippen molar-refractivity contribution in [2.75, 3.05) is 13.2 Å². The van der Waals surface area contributed by atoms with E-state index in [1.807, 2.05) is 0 Å². The summed E-state index contributed by atoms with van der Waals surface area (Å²) in [6.07, 6.45) is -2.44. The average molecular weight is 134 g/mol. The highest BCUT2D eigenvalue weighted by molar-refractivity contribution is 4.62. The summed E-state index contributed by atoms with van der Waals surface area (Å²) in [5, 5.41) is 33.2. The van der Waals surface area contributed by atoms with E-state index in [1.165, 1.54) is 0 Å². The second-order valence-electron chi connectivity index (χ2n) is 1.50. The highest BCUT2D eigenvalue weighted by Gasteiger charge is 2.12. The van der Waals surface area contributed by atoms with Crippen LogP contribution in [0.4, 0.5) is 0 Å². The van der Waals surface area contributed by atoms with Gasteiger partial charge in [0.1, 0.15) is 12.2 Å². The topological polar surface area (TPSA) is 80.9 Å². The van der Waals surface area contributed by atoms with E-state index in [0.29, 0.717) is 0 Å². The van der Waals surface area contributed by atoms with Crippen LogP contribution < -0.4 is 0 Å². The molecule has 0 spiro atoms. The molecule has 4 N–H and O–H groups in total. The Balaban J connectivity index is 0. The maximum absolute atomic E-state index is 8.47. The molecule has 0 saturated carbocycles. The summed E-state index contributed by atoms with van der Waals surface area (Å²) in [5.74, 6) is 0. The molecule has 0 aliphatic carbocycles. The van der Waals surface area contributed by atoms with Crippen molar-refractivity contribution in [1.29, 1.82) is 0 Å². The van der Waals surface area contributed by atoms with Crippen molar-refractivity contribution in [1.82, 2.24) is 0 Å². The van der Waals surface area contributed by atoms with Crippen molar-refractivity contribution < 1.29 is 20.4 Å². The first-order valence-electron chi connectivity index (χ1n) is 2.30. The van der Waals surface area contributed by atoms with Crippen molar-refractivity contribution in [3.63, 3.8) is 0 Å². The van der Waals surface area contributed by atoms with E-state index in [4.69, 9.17) is 20.4 Å². The summed E-state index contributed by atoms with van der Waals surface area (Å²) in [4.78, 5) is 0. The minimum absolute atomic E-state index is 0. The van der Waals surface area contributed by atoms with Crippen LogP contribution in [-0.4, -0.2) is 45.8 Å². The third-order valence-electron chi connectivity index (χ3n) is 0.818. The van der Waals surface area contributed by atoms with Crippen LogP contribution in [0.5, 0.6) is 0 Å². The van der Waals surface area contributed by atoms with Crippen LogP contribution in [-0.2, 0) is 0 Å². The number of aliphatic hydroxyl groups excluding tert-OH is 4. The minimum Gasteiger partial charge on any atom is -0.394 e. The van der Waals surface area contributed by atoms with Gasteiger partial charge in [0.15, 0.2) is 0 Å². The van der Waals surface area contributed by atoms with Gasteiger partial charge in [-0.2, -0.15) is 0 Å². The van der Waals surface area contributed by atoms with Crippen LogP contribution in [0.15, 0.2) is 0 Å². The van der Waals surface area contributed by atoms with Gasteiger partial charge in [0, 0.05) is 7.43 Å². The minimum atomic E-state index is -1.22. The lowest BCUT2D eigenvalue weighted by Crippen LogP contribution is -2.31. The van der Waals surface area contributed by atoms with Gasteiger partial charge < -0.3 is 20.4 Å². The molecule has 2 atom stereocenters. The van der Waals surface area contributed by atoms with Gasteiger partial charge in [-0.1, -0.05) is 0 Å². The van der Waals surface area contributed by atoms with Gasteiger partial charge in [-0.15, -0.1) is 0 Å². The fourth-order valence-electron chi connectivity index (χ4n) is 0.243. The highest BCUT2D eigenvalue weighted by atomic mass is 16.4. The Morgan fingerprint density at radius 3 is 1.22 bits per heavy atom. The zero-order valence-electron chi connectivity index (χ0n) is 4.86. The summed E-state index contributed by atoms with van der Waals surface area (Å²) in [6.45, 7) is -1.05. The first-order chi connectivity index (χ1) is 3.72. The lowest BCUT2D eigenvalue weighted by molar-refractivity contribution is -0.0388. The molecule has 0 saturated heterocycles. The van der Waals surface area contributed by atoms with E-state index in [2.05, 4.69) is 0 Å². The van der Waals surface area contributed by atoms with Gasteiger partial charge in [-0.05, 0) is 0 Å². The molecule has 9 heavy (non-hydrogen) atoms. The van der Waals surface area contributed by atoms with Gasteiger partial charge in [-0.25, -0.2) is 0 Å². The Morgan fingerprint density at radius 2 is 1.11 bits per heavy atom. The van der Waals surface area contributed by atoms with Gasteiger partial charge in [-0.3, -0.25) is 0 Å². The Kier molecular flexibility index (Phi) is 7.70. The molecule has 4 heteroatoms. The quantitative estimate of drug-likeness (QED) is 0.352. The molecule has 0 bridgehead atoms. The van der Waals surface area contributed by atoms with Gasteiger partial charge >= 0.3 is 0 Å². The molecular formula is C5H10O4. The van der Waals surface area contributed by atoms with E-state index >= 15 is 0 Å². The van der Waals surface area contributed by atoms with E-state index in [1.54, 1.807) is 0 Å². The maximum Gasteiger partial charge on any atom is 0.105 e. The molecular weight excluding hydrogens is 124 g/mol. The molecule has 4 nitrogen and oxygen atoms in total. The number of rotatable bonds is 3. The zero-order valence-corrected chi connectivity index (χ0v) is 4.86. The van der Waals surface area contributed by atoms with E-state index in [9.17, 15) is 0 Å². The Labute approximate surface area is 54.4 Å². The molecule has 0 aliphatic rings. The molecule has 0 aliphatic heterocycles. The van der Waals surface area contributed by atoms with Gasteiger partial charge in [0.25, 0.3) is 0 Å². The lowest BCUT2D eigenvalue weighted by Gasteiger charge is -2.10. The van der Waals surface area contributed by atoms with Gasteiger partial charge in [0.2, 0.25) is 0 Å². The van der Waals surface area contributed by atoms with Crippen LogP contribution in [0.1, 0.15) is 0 Å². The first kappa shape index (κ1) is 11.6. The largest absolute Gasteiger partial charge is 0.394 e. The third-order valence-corrected chi connectivity index (χ3v) is 0.818. The molecule has 0 aromatic rings. The van der Waals surface area contributed by atoms with E-state index in [-0.39, 0.29) is 7.43 Å². The predicted octanol–water partition coefficient (Wildman–Crippen LogP) is -2.23. The molecule has 54 valence electrons. The summed E-state index contributed by atoms with van der Waals surface area (Å²) >= 11 is 0. The molecule has 4 radical (unpaired) electrons. The maximum atomic E-state index is 8.47. The predicted molar refractivity (Wildman–Crippen MR) is 29.4 cm³/mol. The fourth-order valence-corrected chi connectivity index (χ4v) is 0.243. The Bertz CT molecular complexity index is 48.9. The Hall–Kier alpha value is -0.160. The normalized spacial score (nSPS) is 16.0. The number of hydrogen-bond donors (Lipinski definition) is 4. The van der Waals surface area contributed by atoms with Crippen molar-refractivity contribution >= 4 is 0 Å². The molecule has 0 aromatic carbocycles. The van der Waals surface area contributed by atoms with Crippen LogP contribution in [0, 0.1) is 7.43 Å². The SMILES string of the molecule is OC[C@@H](O)[C@@H](O)CO.[C]. The van der Waals surface area contributed by atoms with Crippen molar-refractivity contribution in [3.8, 4) is 0 Å². The molecule has 0 heterocycles. The highest BCUT2D eigenvalue weighted by Crippen LogP contribution is 1.88. The summed E-state index contributed by atoms with van der Waals surface area (Å²) in [6, 6.07) is 0. The van der Waals surface area contributed by atoms with Crippen LogP contribution in [0.2, 0.25) is 0 Å². The number of aliphatic hydroxyl groups is 4. The van der Waals surface area contributed by atoms with Gasteiger partial charge in [0.05, 0.1) is 13.2 Å². The number of hydrogen-bond acceptors (Lipinski definition) is 4. The molecule has 0 unspecified atom stereocenters. The second-order valence-corrected chi connectivity index (χ2v) is 1.50. The monoisotopic (exact) mass is 134 g/mol. The average Bonchev–Trinajstić information content (AvgIpc) is 1.84. The second kappa shape index (κ2) is 5.97. The molecule has 0 aromatic heterocycles. The van der Waals surface area contributed by atoms with Crippen LogP contribution in [0.25, 0.3) is 0 Å². The van der Waals surface area contributed by atoms with Crippen LogP contribution in [0.3, 0.4) is 0 Å². The van der Waals surface area contributed by atoms with Crippen LogP contribution >= 0.6 is 0 Å². The molecule has 0 amide bonds. The van der Waals surface area contributed by atoms with Crippen molar-refractivity contribution in [2.24, 2.45) is 0 Å². The summed E-state index contributed by atoms with van der Waals surface area (Å²) in [5.41, 5.74) is 0. The lowest BCUT2D eigenvalue weighted by atomic mass is 10.2. The van der Waals surface area contributed by atoms with Crippen molar-refractivity contribution in [3.05, 3.63) is 7.43 Å². The smallest absolute Gasteiger partial charge is 0.105 e. The summed E-state index contributed by atoms with van der Waals surface area (Å²) in [7, 11) is 0. The Morgan fingerprint density at radius 1 is 0.889 bits per heavy atom. The standard InChI is InChI=1S/C4H10O4.C/c5-1-3(7)4(8)2-6;/h3-8H,1-2H2;/t3-,4+;. The fraction of sp³-hybridized carbons (Fsp3) is 0.800. The summed E-state index contributed by atoms with van der Waals surface area (Å²) < 4.78 is 0.